The van der Waals surface area contributed by atoms with Gasteiger partial charge in [-0.25, -0.2) is 13.2 Å². The van der Waals surface area contributed by atoms with Crippen LogP contribution in [0.1, 0.15) is 15.9 Å². The van der Waals surface area contributed by atoms with E-state index >= 15 is 0 Å². The Labute approximate surface area is 183 Å². The maximum Gasteiger partial charge on any atom is 0.338 e. The van der Waals surface area contributed by atoms with Crippen LogP contribution in [0, 0.1) is 6.92 Å². The molecule has 10 heteroatoms. The molecule has 1 amide bonds. The number of carbonyl (C=O) groups excluding carboxylic acids is 2. The second kappa shape index (κ2) is 9.69. The fraction of sp³-hybridized carbons (Fsp3) is 0.300. The molecule has 0 bridgehead atoms. The van der Waals surface area contributed by atoms with Crippen LogP contribution in [-0.4, -0.2) is 57.5 Å². The number of nitrogens with one attached hydrogen (secondary N) is 1. The molecule has 0 atom stereocenters. The quantitative estimate of drug-likeness (QED) is 0.616. The molecule has 160 valence electrons. The van der Waals surface area contributed by atoms with Crippen molar-refractivity contribution in [2.75, 3.05) is 38.2 Å². The maximum absolute atomic E-state index is 12.6. The molecule has 1 N–H and O–H groups in total. The van der Waals surface area contributed by atoms with Crippen molar-refractivity contribution in [3.05, 3.63) is 58.1 Å². The summed E-state index contributed by atoms with van der Waals surface area (Å²) in [6.45, 7) is 2.75. The second-order valence-electron chi connectivity index (χ2n) is 6.65. The van der Waals surface area contributed by atoms with Crippen LogP contribution in [0.3, 0.4) is 0 Å². The molecule has 0 spiro atoms. The largest absolute Gasteiger partial charge is 0.452 e. The van der Waals surface area contributed by atoms with Crippen molar-refractivity contribution < 1.29 is 27.5 Å². The zero-order chi connectivity index (χ0) is 21.7. The van der Waals surface area contributed by atoms with E-state index in [2.05, 4.69) is 21.2 Å². The zero-order valence-electron chi connectivity index (χ0n) is 16.3. The number of esters is 1. The third-order valence-corrected chi connectivity index (χ3v) is 7.00. The van der Waals surface area contributed by atoms with Gasteiger partial charge in [-0.15, -0.1) is 0 Å². The lowest BCUT2D eigenvalue weighted by Gasteiger charge is -2.26. The molecule has 1 saturated heterocycles. The van der Waals surface area contributed by atoms with E-state index in [4.69, 9.17) is 9.47 Å². The standard InChI is InChI=1S/C20H21BrN2O6S/c1-14-2-7-18(17(21)12-14)22-19(24)13-29-20(25)15-3-5-16(6-4-15)30(26,27)23-8-10-28-11-9-23/h2-7,12H,8-11,13H2,1H3,(H,22,24). The van der Waals surface area contributed by atoms with E-state index in [0.717, 1.165) is 10.0 Å². The molecule has 0 unspecified atom stereocenters. The lowest BCUT2D eigenvalue weighted by Crippen LogP contribution is -2.40. The van der Waals surface area contributed by atoms with Gasteiger partial charge in [0.25, 0.3) is 5.91 Å². The Morgan fingerprint density at radius 1 is 1.13 bits per heavy atom. The second-order valence-corrected chi connectivity index (χ2v) is 9.44. The first kappa shape index (κ1) is 22.4. The van der Waals surface area contributed by atoms with Crippen LogP contribution in [0.2, 0.25) is 0 Å². The number of benzene rings is 2. The molecule has 1 aliphatic rings. The SMILES string of the molecule is Cc1ccc(NC(=O)COC(=O)c2ccc(S(=O)(=O)N3CCOCC3)cc2)c(Br)c1. The van der Waals surface area contributed by atoms with Crippen molar-refractivity contribution in [1.82, 2.24) is 4.31 Å². The van der Waals surface area contributed by atoms with Crippen LogP contribution in [0.5, 0.6) is 0 Å². The number of hydrogen-bond acceptors (Lipinski definition) is 6. The smallest absolute Gasteiger partial charge is 0.338 e. The number of ether oxygens (including phenoxy) is 2. The Morgan fingerprint density at radius 3 is 2.43 bits per heavy atom. The highest BCUT2D eigenvalue weighted by Crippen LogP contribution is 2.23. The van der Waals surface area contributed by atoms with E-state index in [1.165, 1.54) is 28.6 Å². The number of amides is 1. The first-order valence-corrected chi connectivity index (χ1v) is 11.4. The van der Waals surface area contributed by atoms with Gasteiger partial charge >= 0.3 is 5.97 Å². The molecule has 30 heavy (non-hydrogen) atoms. The molecular formula is C20H21BrN2O6S. The van der Waals surface area contributed by atoms with Gasteiger partial charge in [0, 0.05) is 17.6 Å². The molecule has 8 nitrogen and oxygen atoms in total. The molecule has 2 aromatic carbocycles. The minimum Gasteiger partial charge on any atom is -0.452 e. The monoisotopic (exact) mass is 496 g/mol. The topological polar surface area (TPSA) is 102 Å². The van der Waals surface area contributed by atoms with Crippen molar-refractivity contribution in [3.63, 3.8) is 0 Å². The number of morpholine rings is 1. The molecular weight excluding hydrogens is 476 g/mol. The van der Waals surface area contributed by atoms with Gasteiger partial charge in [0.05, 0.1) is 29.4 Å². The Bertz CT molecular complexity index is 1030. The van der Waals surface area contributed by atoms with Gasteiger partial charge < -0.3 is 14.8 Å². The van der Waals surface area contributed by atoms with Gasteiger partial charge in [-0.2, -0.15) is 4.31 Å². The van der Waals surface area contributed by atoms with Crippen molar-refractivity contribution in [3.8, 4) is 0 Å². The average molecular weight is 497 g/mol. The number of anilines is 1. The number of aryl methyl sites for hydroxylation is 1. The summed E-state index contributed by atoms with van der Waals surface area (Å²) < 4.78 is 37.5. The van der Waals surface area contributed by atoms with Gasteiger partial charge in [0.15, 0.2) is 6.61 Å². The van der Waals surface area contributed by atoms with E-state index in [1.54, 1.807) is 6.07 Å². The number of halogens is 1. The Kier molecular flexibility index (Phi) is 7.24. The summed E-state index contributed by atoms with van der Waals surface area (Å²) in [6, 6.07) is 10.9. The lowest BCUT2D eigenvalue weighted by molar-refractivity contribution is -0.119. The predicted molar refractivity (Wildman–Crippen MR) is 114 cm³/mol. The molecule has 0 saturated carbocycles. The summed E-state index contributed by atoms with van der Waals surface area (Å²) in [4.78, 5) is 24.3. The summed E-state index contributed by atoms with van der Waals surface area (Å²) in [7, 11) is -3.64. The highest BCUT2D eigenvalue weighted by molar-refractivity contribution is 9.10. The predicted octanol–water partition coefficient (Wildman–Crippen LogP) is 2.57. The Hall–Kier alpha value is -2.27. The van der Waals surface area contributed by atoms with Crippen LogP contribution >= 0.6 is 15.9 Å². The number of hydrogen-bond donors (Lipinski definition) is 1. The fourth-order valence-corrected chi connectivity index (χ4v) is 4.82. The highest BCUT2D eigenvalue weighted by Gasteiger charge is 2.26. The van der Waals surface area contributed by atoms with E-state index in [1.807, 2.05) is 19.1 Å². The molecule has 1 aliphatic heterocycles. The van der Waals surface area contributed by atoms with E-state index in [9.17, 15) is 18.0 Å². The Balaban J connectivity index is 1.57. The molecule has 0 aliphatic carbocycles. The Morgan fingerprint density at radius 2 is 1.80 bits per heavy atom. The summed E-state index contributed by atoms with van der Waals surface area (Å²) in [5.74, 6) is -1.21. The van der Waals surface area contributed by atoms with Gasteiger partial charge in [0.2, 0.25) is 10.0 Å². The minimum atomic E-state index is -3.64. The number of rotatable bonds is 6. The van der Waals surface area contributed by atoms with Gasteiger partial charge in [-0.1, -0.05) is 6.07 Å². The van der Waals surface area contributed by atoms with Crippen LogP contribution in [0.25, 0.3) is 0 Å². The maximum atomic E-state index is 12.6. The minimum absolute atomic E-state index is 0.0860. The summed E-state index contributed by atoms with van der Waals surface area (Å²) in [5.41, 5.74) is 1.75. The number of carbonyl (C=O) groups is 2. The van der Waals surface area contributed by atoms with Crippen LogP contribution in [-0.2, 0) is 24.3 Å². The van der Waals surface area contributed by atoms with Crippen LogP contribution < -0.4 is 5.32 Å². The van der Waals surface area contributed by atoms with Gasteiger partial charge in [-0.3, -0.25) is 4.79 Å². The lowest BCUT2D eigenvalue weighted by atomic mass is 10.2. The summed E-state index contributed by atoms with van der Waals surface area (Å²) in [5, 5.41) is 2.65. The van der Waals surface area contributed by atoms with Crippen LogP contribution in [0.4, 0.5) is 5.69 Å². The molecule has 3 rings (SSSR count). The first-order valence-electron chi connectivity index (χ1n) is 9.18. The molecule has 2 aromatic rings. The summed E-state index contributed by atoms with van der Waals surface area (Å²) in [6.07, 6.45) is 0. The van der Waals surface area contributed by atoms with Gasteiger partial charge in [-0.05, 0) is 64.8 Å². The van der Waals surface area contributed by atoms with E-state index in [-0.39, 0.29) is 10.5 Å². The van der Waals surface area contributed by atoms with Crippen molar-refractivity contribution in [1.29, 1.82) is 0 Å². The highest BCUT2D eigenvalue weighted by atomic mass is 79.9. The molecule has 0 aromatic heterocycles. The van der Waals surface area contributed by atoms with Crippen molar-refractivity contribution in [2.24, 2.45) is 0 Å². The van der Waals surface area contributed by atoms with Crippen molar-refractivity contribution in [2.45, 2.75) is 11.8 Å². The average Bonchev–Trinajstić information content (AvgIpc) is 2.75. The molecule has 1 heterocycles. The van der Waals surface area contributed by atoms with Gasteiger partial charge in [0.1, 0.15) is 0 Å². The molecule has 1 fully saturated rings. The zero-order valence-corrected chi connectivity index (χ0v) is 18.7. The van der Waals surface area contributed by atoms with E-state index in [0.29, 0.717) is 32.0 Å². The molecule has 0 radical (unpaired) electrons. The summed E-state index contributed by atoms with van der Waals surface area (Å²) >= 11 is 3.36. The normalized spacial score (nSPS) is 14.9. The third-order valence-electron chi connectivity index (χ3n) is 4.43. The number of sulfonamides is 1. The third kappa shape index (κ3) is 5.45. The van der Waals surface area contributed by atoms with Crippen LogP contribution in [0.15, 0.2) is 51.8 Å². The fourth-order valence-electron chi connectivity index (χ4n) is 2.82. The van der Waals surface area contributed by atoms with Crippen molar-refractivity contribution >= 4 is 43.5 Å². The number of nitrogens with zero attached hydrogens (tertiary/aromatic N) is 1. The first-order chi connectivity index (χ1) is 14.3. The van der Waals surface area contributed by atoms with E-state index < -0.39 is 28.5 Å².